The minimum absolute atomic E-state index is 0.157. The molecule has 3 aromatic heterocycles. The Morgan fingerprint density at radius 2 is 2.03 bits per heavy atom. The number of rotatable bonds is 10. The topological polar surface area (TPSA) is 91.8 Å². The summed E-state index contributed by atoms with van der Waals surface area (Å²) in [5, 5.41) is 8.07. The number of hydrogen-bond acceptors (Lipinski definition) is 7. The van der Waals surface area contributed by atoms with Crippen molar-refractivity contribution in [3.8, 4) is 6.01 Å². The Hall–Kier alpha value is -3.59. The zero-order chi connectivity index (χ0) is 22.2. The van der Waals surface area contributed by atoms with Crippen LogP contribution in [0.1, 0.15) is 35.6 Å². The van der Waals surface area contributed by atoms with Gasteiger partial charge in [0.2, 0.25) is 5.89 Å². The van der Waals surface area contributed by atoms with E-state index in [1.165, 1.54) is 12.3 Å². The lowest BCUT2D eigenvalue weighted by Gasteiger charge is -2.04. The van der Waals surface area contributed by atoms with E-state index in [-0.39, 0.29) is 12.6 Å². The van der Waals surface area contributed by atoms with Crippen LogP contribution in [0.5, 0.6) is 6.01 Å². The molecule has 0 aliphatic carbocycles. The molecule has 0 N–H and O–H groups in total. The fraction of sp³-hybridized carbons (Fsp3) is 0.227. The third-order valence-electron chi connectivity index (χ3n) is 4.54. The summed E-state index contributed by atoms with van der Waals surface area (Å²) >= 11 is 5.75. The first kappa shape index (κ1) is 21.6. The monoisotopic (exact) mass is 454 g/mol. The van der Waals surface area contributed by atoms with Crippen molar-refractivity contribution < 1.29 is 13.5 Å². The maximum absolute atomic E-state index is 13.8. The molecule has 8 nitrogen and oxygen atoms in total. The van der Waals surface area contributed by atoms with Gasteiger partial charge in [-0.2, -0.15) is 0 Å². The minimum atomic E-state index is -0.417. The third-order valence-corrected chi connectivity index (χ3v) is 4.78. The van der Waals surface area contributed by atoms with E-state index in [0.29, 0.717) is 22.2 Å². The molecule has 0 amide bonds. The van der Waals surface area contributed by atoms with Crippen molar-refractivity contribution in [3.63, 3.8) is 0 Å². The van der Waals surface area contributed by atoms with Gasteiger partial charge in [0.25, 0.3) is 0 Å². The van der Waals surface area contributed by atoms with Gasteiger partial charge in [0.05, 0.1) is 6.20 Å². The lowest BCUT2D eigenvalue weighted by Crippen LogP contribution is -2.01. The van der Waals surface area contributed by atoms with E-state index in [4.69, 9.17) is 20.8 Å². The molecule has 1 aromatic carbocycles. The van der Waals surface area contributed by atoms with E-state index in [0.717, 1.165) is 31.4 Å². The van der Waals surface area contributed by atoms with Gasteiger partial charge in [-0.15, -0.1) is 5.10 Å². The number of aromatic nitrogens is 6. The molecule has 0 aliphatic rings. The standard InChI is InChI=1S/C22H20ClFN6O2/c23-18-6-4-17(20(24)11-18)5-7-21-28-19(14-31-21)15-32-22-25-12-16(13-26-22)3-1-2-9-30-10-8-27-29-30/h4-8,10-14H,1-3,9,15H2/b7-5+. The molecule has 3 heterocycles. The summed E-state index contributed by atoms with van der Waals surface area (Å²) < 4.78 is 26.6. The fourth-order valence-electron chi connectivity index (χ4n) is 2.90. The second kappa shape index (κ2) is 10.6. The van der Waals surface area contributed by atoms with Crippen molar-refractivity contribution in [1.82, 2.24) is 29.9 Å². The second-order valence-corrected chi connectivity index (χ2v) is 7.40. The number of aryl methyl sites for hydroxylation is 2. The highest BCUT2D eigenvalue weighted by atomic mass is 35.5. The van der Waals surface area contributed by atoms with Crippen molar-refractivity contribution in [2.24, 2.45) is 0 Å². The number of oxazole rings is 1. The van der Waals surface area contributed by atoms with Crippen molar-refractivity contribution in [2.75, 3.05) is 0 Å². The molecule has 32 heavy (non-hydrogen) atoms. The molecule has 10 heteroatoms. The predicted octanol–water partition coefficient (Wildman–Crippen LogP) is 4.62. The van der Waals surface area contributed by atoms with Gasteiger partial charge in [0, 0.05) is 41.8 Å². The summed E-state index contributed by atoms with van der Waals surface area (Å²) in [5.41, 5.74) is 2.00. The molecule has 164 valence electrons. The van der Waals surface area contributed by atoms with Gasteiger partial charge >= 0.3 is 6.01 Å². The first-order chi connectivity index (χ1) is 15.7. The lowest BCUT2D eigenvalue weighted by atomic mass is 10.1. The van der Waals surface area contributed by atoms with Crippen molar-refractivity contribution in [2.45, 2.75) is 32.4 Å². The van der Waals surface area contributed by atoms with Gasteiger partial charge in [-0.3, -0.25) is 4.68 Å². The second-order valence-electron chi connectivity index (χ2n) is 6.96. The Balaban J connectivity index is 1.22. The van der Waals surface area contributed by atoms with Crippen LogP contribution in [-0.2, 0) is 19.6 Å². The summed E-state index contributed by atoms with van der Waals surface area (Å²) in [4.78, 5) is 12.8. The summed E-state index contributed by atoms with van der Waals surface area (Å²) in [6.45, 7) is 0.996. The van der Waals surface area contributed by atoms with Gasteiger partial charge < -0.3 is 9.15 Å². The highest BCUT2D eigenvalue weighted by molar-refractivity contribution is 6.30. The van der Waals surface area contributed by atoms with Crippen LogP contribution in [0.2, 0.25) is 5.02 Å². The number of unbranched alkanes of at least 4 members (excludes halogenated alkanes) is 1. The number of halogens is 2. The van der Waals surface area contributed by atoms with Crippen LogP contribution in [0, 0.1) is 5.82 Å². The maximum atomic E-state index is 13.8. The first-order valence-electron chi connectivity index (χ1n) is 10.0. The van der Waals surface area contributed by atoms with Crippen LogP contribution in [0.3, 0.4) is 0 Å². The molecule has 0 bridgehead atoms. The van der Waals surface area contributed by atoms with Crippen LogP contribution >= 0.6 is 11.6 Å². The zero-order valence-electron chi connectivity index (χ0n) is 17.1. The molecule has 0 aliphatic heterocycles. The Bertz CT molecular complexity index is 1160. The van der Waals surface area contributed by atoms with Crippen molar-refractivity contribution >= 4 is 23.8 Å². The number of ether oxygens (including phenoxy) is 1. The van der Waals surface area contributed by atoms with Gasteiger partial charge in [-0.25, -0.2) is 19.3 Å². The molecule has 0 spiro atoms. The highest BCUT2D eigenvalue weighted by Gasteiger charge is 2.06. The lowest BCUT2D eigenvalue weighted by molar-refractivity contribution is 0.275. The van der Waals surface area contributed by atoms with Crippen LogP contribution < -0.4 is 4.74 Å². The number of nitrogens with zero attached hydrogens (tertiary/aromatic N) is 6. The number of hydrogen-bond donors (Lipinski definition) is 0. The van der Waals surface area contributed by atoms with E-state index < -0.39 is 5.82 Å². The van der Waals surface area contributed by atoms with E-state index in [1.807, 2.05) is 10.9 Å². The van der Waals surface area contributed by atoms with Gasteiger partial charge in [-0.1, -0.05) is 22.9 Å². The van der Waals surface area contributed by atoms with E-state index in [9.17, 15) is 4.39 Å². The normalized spacial score (nSPS) is 11.3. The third kappa shape index (κ3) is 6.21. The molecule has 0 atom stereocenters. The Morgan fingerprint density at radius 1 is 1.16 bits per heavy atom. The minimum Gasteiger partial charge on any atom is -0.457 e. The summed E-state index contributed by atoms with van der Waals surface area (Å²) in [7, 11) is 0. The van der Waals surface area contributed by atoms with Gasteiger partial charge in [-0.05, 0) is 43.0 Å². The molecule has 0 radical (unpaired) electrons. The SMILES string of the molecule is Fc1cc(Cl)ccc1/C=C/c1nc(COc2ncc(CCCCn3ccnn3)cn2)co1. The molecule has 0 saturated heterocycles. The maximum Gasteiger partial charge on any atom is 0.316 e. The average Bonchev–Trinajstić information content (AvgIpc) is 3.48. The van der Waals surface area contributed by atoms with E-state index in [1.54, 1.807) is 42.9 Å². The molecule has 0 fully saturated rings. The molecule has 4 rings (SSSR count). The Kier molecular flexibility index (Phi) is 7.19. The molecular formula is C22H20ClFN6O2. The van der Waals surface area contributed by atoms with Crippen molar-refractivity contribution in [1.29, 1.82) is 0 Å². The average molecular weight is 455 g/mol. The van der Waals surface area contributed by atoms with Crippen LogP contribution in [-0.4, -0.2) is 29.9 Å². The largest absolute Gasteiger partial charge is 0.457 e. The summed E-state index contributed by atoms with van der Waals surface area (Å²) in [6.07, 6.45) is 14.5. The smallest absolute Gasteiger partial charge is 0.316 e. The first-order valence-corrected chi connectivity index (χ1v) is 10.4. The Morgan fingerprint density at radius 3 is 2.81 bits per heavy atom. The summed E-state index contributed by atoms with van der Waals surface area (Å²) in [5.74, 6) is -0.0835. The highest BCUT2D eigenvalue weighted by Crippen LogP contribution is 2.17. The van der Waals surface area contributed by atoms with Crippen LogP contribution in [0.4, 0.5) is 4.39 Å². The molecular weight excluding hydrogens is 435 g/mol. The van der Waals surface area contributed by atoms with Crippen LogP contribution in [0.25, 0.3) is 12.2 Å². The van der Waals surface area contributed by atoms with E-state index >= 15 is 0 Å². The zero-order valence-corrected chi connectivity index (χ0v) is 17.8. The molecule has 0 saturated carbocycles. The summed E-state index contributed by atoms with van der Waals surface area (Å²) in [6, 6.07) is 4.71. The predicted molar refractivity (Wildman–Crippen MR) is 116 cm³/mol. The van der Waals surface area contributed by atoms with E-state index in [2.05, 4.69) is 25.3 Å². The van der Waals surface area contributed by atoms with Gasteiger partial charge in [0.15, 0.2) is 0 Å². The molecule has 4 aromatic rings. The fourth-order valence-corrected chi connectivity index (χ4v) is 3.06. The number of benzene rings is 1. The molecule has 0 unspecified atom stereocenters. The quantitative estimate of drug-likeness (QED) is 0.323. The Labute approximate surface area is 188 Å². The van der Waals surface area contributed by atoms with Gasteiger partial charge in [0.1, 0.15) is 24.4 Å². The van der Waals surface area contributed by atoms with Crippen molar-refractivity contribution in [3.05, 3.63) is 82.8 Å². The van der Waals surface area contributed by atoms with Crippen LogP contribution in [0.15, 0.2) is 53.7 Å².